The summed E-state index contributed by atoms with van der Waals surface area (Å²) in [7, 11) is 0. The molecule has 0 bridgehead atoms. The van der Waals surface area contributed by atoms with E-state index in [1.807, 2.05) is 0 Å². The second kappa shape index (κ2) is 6.30. The van der Waals surface area contributed by atoms with Gasteiger partial charge < -0.3 is 11.5 Å². The minimum atomic E-state index is 0.978. The molecular weight excluding hydrogens is 296 g/mol. The van der Waals surface area contributed by atoms with Crippen molar-refractivity contribution >= 4 is 32.3 Å². The summed E-state index contributed by atoms with van der Waals surface area (Å²) in [4.78, 5) is 0. The zero-order valence-corrected chi connectivity index (χ0v) is 14.2. The molecule has 4 rings (SSSR count). The van der Waals surface area contributed by atoms with E-state index < -0.39 is 0 Å². The third-order valence-electron chi connectivity index (χ3n) is 4.84. The number of aryl methyl sites for hydroxylation is 2. The number of nitrogens with zero attached hydrogens (tertiary/aromatic N) is 2. The molecule has 0 saturated carbocycles. The molecule has 0 aliphatic carbocycles. The second-order valence-electron chi connectivity index (χ2n) is 6.64. The number of aromatic nitrogens is 2. The molecule has 4 nitrogen and oxygen atoms in total. The van der Waals surface area contributed by atoms with Gasteiger partial charge in [0.1, 0.15) is 0 Å². The third-order valence-corrected chi connectivity index (χ3v) is 4.84. The number of pyridine rings is 2. The Kier molecular flexibility index (Phi) is 4.00. The number of quaternary nitrogens is 2. The maximum atomic E-state index is 3.95. The Morgan fingerprint density at radius 2 is 0.917 bits per heavy atom. The first-order valence-corrected chi connectivity index (χ1v) is 8.89. The van der Waals surface area contributed by atoms with Gasteiger partial charge in [0.2, 0.25) is 0 Å². The van der Waals surface area contributed by atoms with E-state index in [1.54, 1.807) is 0 Å². The van der Waals surface area contributed by atoms with Crippen molar-refractivity contribution in [3.8, 4) is 0 Å². The van der Waals surface area contributed by atoms with E-state index in [-0.39, 0.29) is 0 Å². The molecule has 24 heavy (non-hydrogen) atoms. The Morgan fingerprint density at radius 1 is 0.583 bits per heavy atom. The monoisotopic (exact) mass is 322 g/mol. The second-order valence-corrected chi connectivity index (χ2v) is 6.64. The minimum Gasteiger partial charge on any atom is -0.357 e. The summed E-state index contributed by atoms with van der Waals surface area (Å²) >= 11 is 0. The molecule has 0 radical (unpaired) electrons. The molecule has 4 aromatic rings. The third kappa shape index (κ3) is 2.58. The van der Waals surface area contributed by atoms with Crippen molar-refractivity contribution < 1.29 is 20.6 Å². The van der Waals surface area contributed by atoms with Crippen molar-refractivity contribution in [2.75, 3.05) is 13.1 Å². The molecule has 0 saturated heterocycles. The molecule has 4 heteroatoms. The van der Waals surface area contributed by atoms with Crippen molar-refractivity contribution in [2.45, 2.75) is 25.9 Å². The Balaban J connectivity index is 1.92. The van der Waals surface area contributed by atoms with Crippen LogP contribution in [0.1, 0.15) is 12.8 Å². The Hall–Kier alpha value is -2.30. The van der Waals surface area contributed by atoms with Gasteiger partial charge in [-0.25, -0.2) is 9.13 Å². The van der Waals surface area contributed by atoms with Crippen LogP contribution in [0.4, 0.5) is 0 Å². The molecule has 0 atom stereocenters. The van der Waals surface area contributed by atoms with E-state index in [0.717, 1.165) is 39.0 Å². The number of rotatable bonds is 6. The van der Waals surface area contributed by atoms with Crippen LogP contribution in [0.25, 0.3) is 32.3 Å². The van der Waals surface area contributed by atoms with Gasteiger partial charge in [-0.2, -0.15) is 0 Å². The lowest BCUT2D eigenvalue weighted by Gasteiger charge is -2.09. The summed E-state index contributed by atoms with van der Waals surface area (Å²) in [5.41, 5.74) is 7.90. The predicted molar refractivity (Wildman–Crippen MR) is 95.3 cm³/mol. The molecule has 0 unspecified atom stereocenters. The van der Waals surface area contributed by atoms with Crippen LogP contribution in [-0.4, -0.2) is 13.1 Å². The van der Waals surface area contributed by atoms with Gasteiger partial charge in [0.05, 0.1) is 25.9 Å². The van der Waals surface area contributed by atoms with E-state index >= 15 is 0 Å². The van der Waals surface area contributed by atoms with Crippen LogP contribution in [0, 0.1) is 0 Å². The molecule has 2 aromatic heterocycles. The van der Waals surface area contributed by atoms with E-state index in [0.29, 0.717) is 0 Å². The Morgan fingerprint density at radius 3 is 1.21 bits per heavy atom. The van der Waals surface area contributed by atoms with Gasteiger partial charge in [-0.3, -0.25) is 0 Å². The smallest absolute Gasteiger partial charge is 0.176 e. The van der Waals surface area contributed by atoms with Gasteiger partial charge in [-0.15, -0.1) is 0 Å². The summed E-state index contributed by atoms with van der Waals surface area (Å²) in [6.45, 7) is 4.02. The highest BCUT2D eigenvalue weighted by Crippen LogP contribution is 2.32. The standard InChI is InChI=1S/C20H24N4/c21-7-1-9-23-11-15-3-5-17-13-24(10-2-8-22)14-18-6-4-16(12-23)19(15)20(17)18/h3-6,11-14H,1-2,7-10,21-22H2/q+2/p+2. The van der Waals surface area contributed by atoms with Gasteiger partial charge in [-0.05, 0) is 24.3 Å². The van der Waals surface area contributed by atoms with Crippen LogP contribution in [0.3, 0.4) is 0 Å². The average Bonchev–Trinajstić information content (AvgIpc) is 2.62. The molecule has 0 fully saturated rings. The maximum Gasteiger partial charge on any atom is 0.176 e. The van der Waals surface area contributed by atoms with E-state index in [9.17, 15) is 0 Å². The average molecular weight is 322 g/mol. The normalized spacial score (nSPS) is 11.9. The largest absolute Gasteiger partial charge is 0.357 e. The Labute approximate surface area is 141 Å². The van der Waals surface area contributed by atoms with Crippen molar-refractivity contribution in [2.24, 2.45) is 0 Å². The SMILES string of the molecule is [NH3+]CCC[n+]1cc2ccc3c[n+](CCC[NH3+])cc4ccc(c1)c2c34. The van der Waals surface area contributed by atoms with Crippen molar-refractivity contribution in [1.29, 1.82) is 0 Å². The predicted octanol–water partition coefficient (Wildman–Crippen LogP) is 0.423. The van der Waals surface area contributed by atoms with Crippen LogP contribution < -0.4 is 20.6 Å². The van der Waals surface area contributed by atoms with Crippen molar-refractivity contribution in [1.82, 2.24) is 0 Å². The number of hydrogen-bond donors (Lipinski definition) is 2. The number of benzene rings is 2. The molecule has 122 valence electrons. The van der Waals surface area contributed by atoms with Crippen LogP contribution in [0.15, 0.2) is 49.1 Å². The first kappa shape index (κ1) is 15.2. The van der Waals surface area contributed by atoms with Crippen LogP contribution in [-0.2, 0) is 13.1 Å². The molecule has 2 aromatic carbocycles. The van der Waals surface area contributed by atoms with Crippen LogP contribution in [0.2, 0.25) is 0 Å². The first-order chi connectivity index (χ1) is 11.8. The van der Waals surface area contributed by atoms with Crippen molar-refractivity contribution in [3.05, 3.63) is 49.1 Å². The molecular formula is C20H26N4+4. The van der Waals surface area contributed by atoms with E-state index in [4.69, 9.17) is 0 Å². The van der Waals surface area contributed by atoms with Gasteiger partial charge in [0.25, 0.3) is 0 Å². The molecule has 0 amide bonds. The van der Waals surface area contributed by atoms with E-state index in [1.165, 1.54) is 32.3 Å². The fourth-order valence-electron chi connectivity index (χ4n) is 3.67. The number of hydrogen-bond acceptors (Lipinski definition) is 0. The summed E-state index contributed by atoms with van der Waals surface area (Å²) in [6.07, 6.45) is 11.3. The van der Waals surface area contributed by atoms with Gasteiger partial charge >= 0.3 is 0 Å². The molecule has 0 spiro atoms. The van der Waals surface area contributed by atoms with Crippen LogP contribution >= 0.6 is 0 Å². The maximum absolute atomic E-state index is 3.95. The lowest BCUT2D eigenvalue weighted by molar-refractivity contribution is -0.697. The minimum absolute atomic E-state index is 0.978. The zero-order chi connectivity index (χ0) is 16.5. The highest BCUT2D eigenvalue weighted by atomic mass is 14.9. The Bertz CT molecular complexity index is 845. The molecule has 2 heterocycles. The quantitative estimate of drug-likeness (QED) is 0.382. The lowest BCUT2D eigenvalue weighted by Crippen LogP contribution is -2.51. The molecule has 0 aliphatic heterocycles. The summed E-state index contributed by atoms with van der Waals surface area (Å²) in [5, 5.41) is 8.08. The van der Waals surface area contributed by atoms with Crippen LogP contribution in [0.5, 0.6) is 0 Å². The molecule has 6 N–H and O–H groups in total. The summed E-state index contributed by atoms with van der Waals surface area (Å²) in [6, 6.07) is 9.04. The van der Waals surface area contributed by atoms with Crippen molar-refractivity contribution in [3.63, 3.8) is 0 Å². The lowest BCUT2D eigenvalue weighted by atomic mass is 9.97. The zero-order valence-electron chi connectivity index (χ0n) is 14.2. The molecule has 0 aliphatic rings. The topological polar surface area (TPSA) is 63.0 Å². The van der Waals surface area contributed by atoms with E-state index in [2.05, 4.69) is 69.7 Å². The highest BCUT2D eigenvalue weighted by Gasteiger charge is 2.16. The summed E-state index contributed by atoms with van der Waals surface area (Å²) in [5.74, 6) is 0. The fraction of sp³-hybridized carbons (Fsp3) is 0.300. The van der Waals surface area contributed by atoms with Gasteiger partial charge in [0.15, 0.2) is 37.9 Å². The first-order valence-electron chi connectivity index (χ1n) is 8.89. The summed E-state index contributed by atoms with van der Waals surface area (Å²) < 4.78 is 4.61. The van der Waals surface area contributed by atoms with Gasteiger partial charge in [0, 0.05) is 32.3 Å². The van der Waals surface area contributed by atoms with Gasteiger partial charge in [-0.1, -0.05) is 0 Å². The highest BCUT2D eigenvalue weighted by molar-refractivity contribution is 6.21. The fourth-order valence-corrected chi connectivity index (χ4v) is 3.67.